The van der Waals surface area contributed by atoms with Gasteiger partial charge in [0.05, 0.1) is 17.4 Å². The molecule has 10 heteroatoms. The van der Waals surface area contributed by atoms with Gasteiger partial charge >= 0.3 is 5.97 Å². The minimum Gasteiger partial charge on any atom is -0.485 e. The molecule has 0 bridgehead atoms. The molecule has 0 unspecified atom stereocenters. The second kappa shape index (κ2) is 11.5. The van der Waals surface area contributed by atoms with Crippen LogP contribution in [0.4, 0.5) is 5.00 Å². The Morgan fingerprint density at radius 1 is 1.19 bits per heavy atom. The van der Waals surface area contributed by atoms with E-state index in [9.17, 15) is 9.59 Å². The van der Waals surface area contributed by atoms with E-state index in [4.69, 9.17) is 9.47 Å². The molecule has 2 aromatic heterocycles. The zero-order valence-electron chi connectivity index (χ0n) is 21.3. The molecule has 3 aromatic rings. The molecule has 1 N–H and O–H groups in total. The first-order chi connectivity index (χ1) is 17.2. The Morgan fingerprint density at radius 2 is 1.97 bits per heavy atom. The maximum Gasteiger partial charge on any atom is 0.341 e. The van der Waals surface area contributed by atoms with Crippen LogP contribution in [-0.4, -0.2) is 38.5 Å². The highest BCUT2D eigenvalue weighted by molar-refractivity contribution is 7.99. The molecular formula is C26H32N4O4S2. The number of amides is 1. The Labute approximate surface area is 219 Å². The second-order valence-corrected chi connectivity index (χ2v) is 11.3. The van der Waals surface area contributed by atoms with Crippen molar-refractivity contribution in [3.8, 4) is 5.75 Å². The van der Waals surface area contributed by atoms with Crippen molar-refractivity contribution in [1.29, 1.82) is 0 Å². The van der Waals surface area contributed by atoms with Crippen molar-refractivity contribution in [3.05, 3.63) is 51.2 Å². The van der Waals surface area contributed by atoms with Crippen LogP contribution in [0.5, 0.6) is 5.75 Å². The van der Waals surface area contributed by atoms with Crippen LogP contribution in [0, 0.1) is 13.8 Å². The average molecular weight is 529 g/mol. The lowest BCUT2D eigenvalue weighted by Crippen LogP contribution is -2.19. The minimum atomic E-state index is -0.367. The molecule has 0 radical (unpaired) electrons. The monoisotopic (exact) mass is 528 g/mol. The molecule has 4 rings (SSSR count). The molecule has 8 nitrogen and oxygen atoms in total. The summed E-state index contributed by atoms with van der Waals surface area (Å²) in [5.41, 5.74) is 3.80. The maximum absolute atomic E-state index is 12.8. The third-order valence-electron chi connectivity index (χ3n) is 5.92. The molecule has 0 saturated carbocycles. The zero-order valence-corrected chi connectivity index (χ0v) is 23.0. The fourth-order valence-corrected chi connectivity index (χ4v) is 6.16. The van der Waals surface area contributed by atoms with Crippen molar-refractivity contribution in [2.24, 2.45) is 7.05 Å². The van der Waals surface area contributed by atoms with Crippen molar-refractivity contribution < 1.29 is 19.1 Å². The van der Waals surface area contributed by atoms with Gasteiger partial charge in [0.15, 0.2) is 11.0 Å². The van der Waals surface area contributed by atoms with Crippen LogP contribution in [0.2, 0.25) is 0 Å². The average Bonchev–Trinajstić information content (AvgIpc) is 3.36. The number of hydrogen-bond donors (Lipinski definition) is 1. The number of rotatable bonds is 9. The van der Waals surface area contributed by atoms with Gasteiger partial charge in [-0.2, -0.15) is 0 Å². The number of thiophene rings is 1. The maximum atomic E-state index is 12.8. The molecule has 192 valence electrons. The number of ether oxygens (including phenoxy) is 2. The van der Waals surface area contributed by atoms with Gasteiger partial charge in [-0.05, 0) is 70.6 Å². The Balaban J connectivity index is 1.38. The summed E-state index contributed by atoms with van der Waals surface area (Å²) in [5.74, 6) is 1.05. The van der Waals surface area contributed by atoms with Gasteiger partial charge in [-0.1, -0.05) is 29.5 Å². The highest BCUT2D eigenvalue weighted by Gasteiger charge is 2.28. The number of aromatic nitrogens is 3. The van der Waals surface area contributed by atoms with Crippen molar-refractivity contribution >= 4 is 40.0 Å². The first-order valence-electron chi connectivity index (χ1n) is 12.1. The van der Waals surface area contributed by atoms with Gasteiger partial charge in [-0.3, -0.25) is 4.79 Å². The quantitative estimate of drug-likeness (QED) is 0.299. The van der Waals surface area contributed by atoms with E-state index in [0.717, 1.165) is 42.6 Å². The third kappa shape index (κ3) is 6.10. The number of fused-ring (bicyclic) bond motifs is 1. The predicted molar refractivity (Wildman–Crippen MR) is 142 cm³/mol. The summed E-state index contributed by atoms with van der Waals surface area (Å²) in [4.78, 5) is 26.8. The summed E-state index contributed by atoms with van der Waals surface area (Å²) in [6.45, 7) is 7.99. The Morgan fingerprint density at radius 3 is 2.72 bits per heavy atom. The van der Waals surface area contributed by atoms with Crippen LogP contribution in [0.3, 0.4) is 0 Å². The Kier molecular flexibility index (Phi) is 8.35. The molecule has 0 spiro atoms. The van der Waals surface area contributed by atoms with Gasteiger partial charge in [-0.15, -0.1) is 21.5 Å². The first-order valence-corrected chi connectivity index (χ1v) is 13.9. The summed E-state index contributed by atoms with van der Waals surface area (Å²) in [5, 5.41) is 12.6. The van der Waals surface area contributed by atoms with Gasteiger partial charge in [0.2, 0.25) is 5.91 Å². The summed E-state index contributed by atoms with van der Waals surface area (Å²) in [6, 6.07) is 6.04. The van der Waals surface area contributed by atoms with E-state index >= 15 is 0 Å². The van der Waals surface area contributed by atoms with Gasteiger partial charge in [-0.25, -0.2) is 4.79 Å². The number of aryl methyl sites for hydroxylation is 3. The Bertz CT molecular complexity index is 1270. The molecule has 0 atom stereocenters. The smallest absolute Gasteiger partial charge is 0.341 e. The summed E-state index contributed by atoms with van der Waals surface area (Å²) >= 11 is 2.78. The standard InChI is InChI=1S/C26H32N4O4S2/c1-15(2)34-25(32)23-18-8-6-7-9-20(18)36-24(23)27-22(31)14-35-26-29-28-21(30(26)5)13-33-19-11-10-16(3)12-17(19)4/h10-12,15H,6-9,13-14H2,1-5H3,(H,27,31). The SMILES string of the molecule is Cc1ccc(OCc2nnc(SCC(=O)Nc3sc4c(c3C(=O)OC(C)C)CCCC4)n2C)c(C)c1. The number of carbonyl (C=O) groups excluding carboxylic acids is 2. The van der Waals surface area contributed by atoms with E-state index in [0.29, 0.717) is 21.5 Å². The molecule has 0 saturated heterocycles. The molecule has 1 aliphatic carbocycles. The van der Waals surface area contributed by atoms with E-state index in [1.165, 1.54) is 33.5 Å². The second-order valence-electron chi connectivity index (χ2n) is 9.22. The predicted octanol–water partition coefficient (Wildman–Crippen LogP) is 5.25. The van der Waals surface area contributed by atoms with Gasteiger partial charge in [0, 0.05) is 11.9 Å². The van der Waals surface area contributed by atoms with Crippen molar-refractivity contribution in [1.82, 2.24) is 14.8 Å². The molecule has 0 aliphatic heterocycles. The molecule has 1 aliphatic rings. The van der Waals surface area contributed by atoms with Crippen LogP contribution in [0.25, 0.3) is 0 Å². The summed E-state index contributed by atoms with van der Waals surface area (Å²) < 4.78 is 13.2. The van der Waals surface area contributed by atoms with E-state index in [1.54, 1.807) is 0 Å². The number of esters is 1. The molecule has 36 heavy (non-hydrogen) atoms. The minimum absolute atomic E-state index is 0.144. The van der Waals surface area contributed by atoms with Gasteiger partial charge in [0.1, 0.15) is 17.4 Å². The third-order valence-corrected chi connectivity index (χ3v) is 8.14. The number of hydrogen-bond acceptors (Lipinski definition) is 8. The lowest BCUT2D eigenvalue weighted by atomic mass is 9.95. The zero-order chi connectivity index (χ0) is 25.8. The fourth-order valence-electron chi connectivity index (χ4n) is 4.14. The van der Waals surface area contributed by atoms with E-state index in [1.807, 2.05) is 51.4 Å². The topological polar surface area (TPSA) is 95.3 Å². The number of anilines is 1. The van der Waals surface area contributed by atoms with Crippen LogP contribution >= 0.6 is 23.1 Å². The van der Waals surface area contributed by atoms with E-state index < -0.39 is 0 Å². The first kappa shape index (κ1) is 26.2. The number of nitrogens with zero attached hydrogens (tertiary/aromatic N) is 3. The van der Waals surface area contributed by atoms with Gasteiger partial charge < -0.3 is 19.4 Å². The summed E-state index contributed by atoms with van der Waals surface area (Å²) in [6.07, 6.45) is 3.68. The van der Waals surface area contributed by atoms with E-state index in [-0.39, 0.29) is 30.3 Å². The largest absolute Gasteiger partial charge is 0.485 e. The van der Waals surface area contributed by atoms with Crippen LogP contribution < -0.4 is 10.1 Å². The van der Waals surface area contributed by atoms with Crippen LogP contribution in [0.1, 0.15) is 64.4 Å². The normalized spacial score (nSPS) is 12.9. The lowest BCUT2D eigenvalue weighted by Gasteiger charge is -2.14. The lowest BCUT2D eigenvalue weighted by molar-refractivity contribution is -0.113. The van der Waals surface area contributed by atoms with Crippen LogP contribution in [-0.2, 0) is 36.0 Å². The van der Waals surface area contributed by atoms with Crippen molar-refractivity contribution in [2.75, 3.05) is 11.1 Å². The molecular weight excluding hydrogens is 496 g/mol. The van der Waals surface area contributed by atoms with E-state index in [2.05, 4.69) is 21.6 Å². The molecule has 1 amide bonds. The molecule has 0 fully saturated rings. The number of benzene rings is 1. The Hall–Kier alpha value is -2.85. The summed E-state index contributed by atoms with van der Waals surface area (Å²) in [7, 11) is 1.86. The van der Waals surface area contributed by atoms with Gasteiger partial charge in [0.25, 0.3) is 0 Å². The van der Waals surface area contributed by atoms with Crippen molar-refractivity contribution in [2.45, 2.75) is 71.2 Å². The number of nitrogens with one attached hydrogen (secondary N) is 1. The van der Waals surface area contributed by atoms with Crippen LogP contribution in [0.15, 0.2) is 23.4 Å². The fraction of sp³-hybridized carbons (Fsp3) is 0.462. The molecule has 2 heterocycles. The highest BCUT2D eigenvalue weighted by Crippen LogP contribution is 2.39. The number of carbonyl (C=O) groups is 2. The number of thioether (sulfide) groups is 1. The highest BCUT2D eigenvalue weighted by atomic mass is 32.2. The van der Waals surface area contributed by atoms with Crippen molar-refractivity contribution in [3.63, 3.8) is 0 Å². The molecule has 1 aromatic carbocycles.